The van der Waals surface area contributed by atoms with E-state index < -0.39 is 0 Å². The van der Waals surface area contributed by atoms with Gasteiger partial charge in [-0.3, -0.25) is 0 Å². The molecular weight excluding hydrogens is 591 g/mol. The molecule has 0 fully saturated rings. The van der Waals surface area contributed by atoms with Crippen LogP contribution in [-0.2, 0) is 5.41 Å². The van der Waals surface area contributed by atoms with Crippen molar-refractivity contribution in [2.45, 2.75) is 19.3 Å². The van der Waals surface area contributed by atoms with Gasteiger partial charge in [0, 0.05) is 5.41 Å². The Balaban J connectivity index is 1.09. The molecule has 0 saturated heterocycles. The smallest absolute Gasteiger partial charge is 0.0991 e. The lowest BCUT2D eigenvalue weighted by molar-refractivity contribution is 0.661. The van der Waals surface area contributed by atoms with Crippen molar-refractivity contribution in [2.24, 2.45) is 0 Å². The highest BCUT2D eigenvalue weighted by molar-refractivity contribution is 6.20. The summed E-state index contributed by atoms with van der Waals surface area (Å²) in [7, 11) is 0. The molecule has 49 heavy (non-hydrogen) atoms. The molecule has 0 radical (unpaired) electrons. The molecule has 0 bridgehead atoms. The molecule has 1 nitrogen and oxygen atoms in total. The van der Waals surface area contributed by atoms with Gasteiger partial charge in [0.15, 0.2) is 0 Å². The molecule has 0 aromatic heterocycles. The summed E-state index contributed by atoms with van der Waals surface area (Å²) in [6, 6.07) is 57.8. The van der Waals surface area contributed by atoms with Crippen molar-refractivity contribution < 1.29 is 0 Å². The standard InChI is InChI=1S/C48H31N/c1-48(2)45-26-31(30-16-14-29(28-49)15-17-30)18-20-40(45)41-21-19-32(27-46(41)48)33-22-23-38(35-9-4-3-8-34(33)35)39-24-25-44-37-11-6-5-10-36(37)42-12-7-13-43(39)47(42)44/h3-27H,1-2H3. The predicted octanol–water partition coefficient (Wildman–Crippen LogP) is 12.8. The van der Waals surface area contributed by atoms with E-state index in [1.165, 1.54) is 93.9 Å². The van der Waals surface area contributed by atoms with E-state index in [4.69, 9.17) is 0 Å². The summed E-state index contributed by atoms with van der Waals surface area (Å²) in [5.41, 5.74) is 18.5. The first-order valence-electron chi connectivity index (χ1n) is 17.0. The first-order valence-corrected chi connectivity index (χ1v) is 17.0. The Hall–Kier alpha value is -6.23. The monoisotopic (exact) mass is 621 g/mol. The zero-order valence-electron chi connectivity index (χ0n) is 27.4. The van der Waals surface area contributed by atoms with Gasteiger partial charge >= 0.3 is 0 Å². The number of hydrogen-bond acceptors (Lipinski definition) is 1. The van der Waals surface area contributed by atoms with Crippen LogP contribution in [-0.4, -0.2) is 0 Å². The lowest BCUT2D eigenvalue weighted by Gasteiger charge is -2.23. The van der Waals surface area contributed by atoms with E-state index in [9.17, 15) is 5.26 Å². The Kier molecular flexibility index (Phi) is 5.76. The summed E-state index contributed by atoms with van der Waals surface area (Å²) in [5, 5.41) is 14.5. The lowest BCUT2D eigenvalue weighted by Crippen LogP contribution is -2.15. The summed E-state index contributed by atoms with van der Waals surface area (Å²) in [5.74, 6) is 0. The van der Waals surface area contributed by atoms with Crippen LogP contribution in [0.4, 0.5) is 0 Å². The first-order chi connectivity index (χ1) is 24.0. The number of nitrogens with zero attached hydrogens (tertiary/aromatic N) is 1. The minimum atomic E-state index is -0.152. The zero-order valence-corrected chi connectivity index (χ0v) is 27.4. The molecule has 8 aromatic rings. The van der Waals surface area contributed by atoms with Crippen LogP contribution in [0.3, 0.4) is 0 Å². The summed E-state index contributed by atoms with van der Waals surface area (Å²) in [6.07, 6.45) is 0. The molecule has 0 N–H and O–H groups in total. The number of nitriles is 1. The number of hydrogen-bond donors (Lipinski definition) is 0. The molecule has 2 aliphatic carbocycles. The van der Waals surface area contributed by atoms with Crippen LogP contribution < -0.4 is 0 Å². The second-order valence-corrected chi connectivity index (χ2v) is 14.0. The van der Waals surface area contributed by atoms with Gasteiger partial charge in [-0.05, 0) is 124 Å². The second kappa shape index (κ2) is 10.1. The highest BCUT2D eigenvalue weighted by atomic mass is 14.4. The topological polar surface area (TPSA) is 23.8 Å². The van der Waals surface area contributed by atoms with Crippen molar-refractivity contribution in [2.75, 3.05) is 0 Å². The van der Waals surface area contributed by atoms with E-state index in [1.807, 2.05) is 24.3 Å². The van der Waals surface area contributed by atoms with Crippen LogP contribution in [0.5, 0.6) is 0 Å². The highest BCUT2D eigenvalue weighted by Gasteiger charge is 2.36. The molecular formula is C48H31N. The third-order valence-corrected chi connectivity index (χ3v) is 11.1. The van der Waals surface area contributed by atoms with E-state index >= 15 is 0 Å². The normalized spacial score (nSPS) is 13.2. The summed E-state index contributed by atoms with van der Waals surface area (Å²) >= 11 is 0. The Labute approximate surface area is 286 Å². The van der Waals surface area contributed by atoms with Crippen molar-refractivity contribution in [1.29, 1.82) is 5.26 Å². The van der Waals surface area contributed by atoms with Gasteiger partial charge in [0.05, 0.1) is 11.6 Å². The molecule has 1 heteroatoms. The molecule has 0 atom stereocenters. The van der Waals surface area contributed by atoms with Crippen LogP contribution in [0.15, 0.2) is 152 Å². The first kappa shape index (κ1) is 27.8. The van der Waals surface area contributed by atoms with Gasteiger partial charge in [-0.1, -0.05) is 141 Å². The van der Waals surface area contributed by atoms with Gasteiger partial charge in [0.25, 0.3) is 0 Å². The van der Waals surface area contributed by atoms with E-state index in [2.05, 4.69) is 147 Å². The molecule has 0 spiro atoms. The summed E-state index contributed by atoms with van der Waals surface area (Å²) in [6.45, 7) is 4.69. The minimum absolute atomic E-state index is 0.152. The van der Waals surface area contributed by atoms with Crippen molar-refractivity contribution >= 4 is 21.5 Å². The Morgan fingerprint density at radius 2 is 0.857 bits per heavy atom. The van der Waals surface area contributed by atoms with Crippen molar-refractivity contribution in [3.05, 3.63) is 168 Å². The van der Waals surface area contributed by atoms with Crippen molar-refractivity contribution in [3.63, 3.8) is 0 Å². The maximum absolute atomic E-state index is 9.26. The largest absolute Gasteiger partial charge is 0.192 e. The van der Waals surface area contributed by atoms with Gasteiger partial charge in [0.1, 0.15) is 0 Å². The van der Waals surface area contributed by atoms with Gasteiger partial charge in [-0.2, -0.15) is 5.26 Å². The fraction of sp³-hybridized carbons (Fsp3) is 0.0625. The quantitative estimate of drug-likeness (QED) is 0.193. The predicted molar refractivity (Wildman–Crippen MR) is 204 cm³/mol. The highest BCUT2D eigenvalue weighted by Crippen LogP contribution is 2.52. The SMILES string of the molecule is CC1(C)c2cc(-c3ccc(C#N)cc3)ccc2-c2ccc(-c3ccc(-c4ccc5c6c(cccc46)-c4ccccc4-5)c4ccccc34)cc21. The van der Waals surface area contributed by atoms with Gasteiger partial charge in [0.2, 0.25) is 0 Å². The third-order valence-electron chi connectivity index (χ3n) is 11.1. The van der Waals surface area contributed by atoms with Crippen LogP contribution in [0, 0.1) is 11.3 Å². The molecule has 0 amide bonds. The minimum Gasteiger partial charge on any atom is -0.192 e. The zero-order chi connectivity index (χ0) is 32.9. The average Bonchev–Trinajstić information content (AvgIpc) is 3.60. The third kappa shape index (κ3) is 3.92. The lowest BCUT2D eigenvalue weighted by atomic mass is 9.80. The maximum Gasteiger partial charge on any atom is 0.0991 e. The molecule has 0 unspecified atom stereocenters. The summed E-state index contributed by atoms with van der Waals surface area (Å²) < 4.78 is 0. The van der Waals surface area contributed by atoms with E-state index in [0.717, 1.165) is 5.56 Å². The molecule has 0 aliphatic heterocycles. The van der Waals surface area contributed by atoms with Crippen LogP contribution in [0.2, 0.25) is 0 Å². The van der Waals surface area contributed by atoms with E-state index in [1.54, 1.807) is 0 Å². The Bertz CT molecular complexity index is 2710. The number of rotatable bonds is 3. The average molecular weight is 622 g/mol. The van der Waals surface area contributed by atoms with Gasteiger partial charge < -0.3 is 0 Å². The van der Waals surface area contributed by atoms with Crippen molar-refractivity contribution in [3.8, 4) is 72.8 Å². The molecule has 2 aliphatic rings. The fourth-order valence-corrected chi connectivity index (χ4v) is 8.65. The summed E-state index contributed by atoms with van der Waals surface area (Å²) in [4.78, 5) is 0. The number of benzene rings is 8. The van der Waals surface area contributed by atoms with Crippen LogP contribution in [0.25, 0.3) is 88.3 Å². The Morgan fingerprint density at radius 3 is 1.55 bits per heavy atom. The molecule has 8 aromatic carbocycles. The molecule has 10 rings (SSSR count). The van der Waals surface area contributed by atoms with E-state index in [0.29, 0.717) is 5.56 Å². The fourth-order valence-electron chi connectivity index (χ4n) is 8.65. The van der Waals surface area contributed by atoms with Crippen LogP contribution >= 0.6 is 0 Å². The van der Waals surface area contributed by atoms with Gasteiger partial charge in [-0.25, -0.2) is 0 Å². The molecule has 0 saturated carbocycles. The van der Waals surface area contributed by atoms with Gasteiger partial charge in [-0.15, -0.1) is 0 Å². The number of fused-ring (bicyclic) bond motifs is 7. The Morgan fingerprint density at radius 1 is 0.388 bits per heavy atom. The molecule has 228 valence electrons. The van der Waals surface area contributed by atoms with Crippen LogP contribution in [0.1, 0.15) is 30.5 Å². The van der Waals surface area contributed by atoms with E-state index in [-0.39, 0.29) is 5.41 Å². The molecule has 0 heterocycles. The second-order valence-electron chi connectivity index (χ2n) is 14.0. The van der Waals surface area contributed by atoms with Crippen molar-refractivity contribution in [1.82, 2.24) is 0 Å². The maximum atomic E-state index is 9.26.